The summed E-state index contributed by atoms with van der Waals surface area (Å²) in [7, 11) is 0. The number of thiophene rings is 1. The van der Waals surface area contributed by atoms with Crippen molar-refractivity contribution in [1.29, 1.82) is 0 Å². The molecule has 0 unspecified atom stereocenters. The summed E-state index contributed by atoms with van der Waals surface area (Å²) in [5.74, 6) is 3.28. The highest BCUT2D eigenvalue weighted by molar-refractivity contribution is 7.12. The number of amides is 1. The van der Waals surface area contributed by atoms with E-state index >= 15 is 0 Å². The first-order valence-electron chi connectivity index (χ1n) is 6.21. The minimum atomic E-state index is -0.454. The average Bonchev–Trinajstić information content (AvgIpc) is 2.99. The Labute approximate surface area is 112 Å². The molecule has 1 aliphatic carbocycles. The first-order chi connectivity index (χ1) is 8.71. The fraction of sp³-hybridized carbons (Fsp3) is 0.500. The molecule has 1 saturated carbocycles. The van der Waals surface area contributed by atoms with Crippen molar-refractivity contribution in [3.63, 3.8) is 0 Å². The minimum absolute atomic E-state index is 0.117. The molecule has 0 aliphatic heterocycles. The van der Waals surface area contributed by atoms with Gasteiger partial charge in [0.05, 0.1) is 6.61 Å². The molecule has 0 aromatic carbocycles. The van der Waals surface area contributed by atoms with Crippen molar-refractivity contribution in [1.82, 2.24) is 5.32 Å². The van der Waals surface area contributed by atoms with Crippen LogP contribution in [0.3, 0.4) is 0 Å². The number of carbonyl (C=O) groups is 1. The van der Waals surface area contributed by atoms with Gasteiger partial charge in [-0.25, -0.2) is 0 Å². The first-order valence-corrected chi connectivity index (χ1v) is 7.09. The molecule has 3 nitrogen and oxygen atoms in total. The Bertz CT molecular complexity index is 466. The zero-order valence-electron chi connectivity index (χ0n) is 10.5. The fourth-order valence-corrected chi connectivity index (χ4v) is 3.02. The van der Waals surface area contributed by atoms with Crippen LogP contribution in [-0.2, 0) is 0 Å². The van der Waals surface area contributed by atoms with E-state index < -0.39 is 5.54 Å². The molecule has 1 amide bonds. The molecular formula is C14H17NO2S. The summed E-state index contributed by atoms with van der Waals surface area (Å²) in [6, 6.07) is 1.82. The molecular weight excluding hydrogens is 246 g/mol. The van der Waals surface area contributed by atoms with Gasteiger partial charge in [-0.3, -0.25) is 4.79 Å². The van der Waals surface area contributed by atoms with E-state index in [2.05, 4.69) is 11.2 Å². The molecule has 0 radical (unpaired) electrons. The Morgan fingerprint density at radius 1 is 1.61 bits per heavy atom. The van der Waals surface area contributed by atoms with Crippen molar-refractivity contribution >= 4 is 17.2 Å². The number of rotatable bonds is 4. The lowest BCUT2D eigenvalue weighted by molar-refractivity contribution is 0.0922. The third-order valence-electron chi connectivity index (χ3n) is 3.22. The highest BCUT2D eigenvalue weighted by atomic mass is 32.1. The topological polar surface area (TPSA) is 38.3 Å². The van der Waals surface area contributed by atoms with Crippen LogP contribution >= 0.6 is 11.3 Å². The predicted octanol–water partition coefficient (Wildman–Crippen LogP) is 2.82. The van der Waals surface area contributed by atoms with E-state index in [1.165, 1.54) is 11.3 Å². The summed E-state index contributed by atoms with van der Waals surface area (Å²) < 4.78 is 5.43. The third-order valence-corrected chi connectivity index (χ3v) is 4.12. The number of hydrogen-bond acceptors (Lipinski definition) is 3. The Hall–Kier alpha value is -1.47. The lowest BCUT2D eigenvalue weighted by Crippen LogP contribution is -2.44. The summed E-state index contributed by atoms with van der Waals surface area (Å²) in [5, 5.41) is 4.86. The monoisotopic (exact) mass is 263 g/mol. The molecule has 2 rings (SSSR count). The van der Waals surface area contributed by atoms with Crippen molar-refractivity contribution in [3.8, 4) is 18.1 Å². The molecule has 1 aromatic heterocycles. The number of terminal acetylenes is 1. The quantitative estimate of drug-likeness (QED) is 0.848. The van der Waals surface area contributed by atoms with Gasteiger partial charge in [-0.15, -0.1) is 17.8 Å². The van der Waals surface area contributed by atoms with Gasteiger partial charge in [-0.2, -0.15) is 0 Å². The normalized spacial score (nSPS) is 17.1. The molecule has 0 atom stereocenters. The van der Waals surface area contributed by atoms with Crippen LogP contribution in [0, 0.1) is 12.3 Å². The van der Waals surface area contributed by atoms with Gasteiger partial charge in [0.2, 0.25) is 0 Å². The SMILES string of the molecule is C#CC1(NC(=O)c2sccc2OCC)CCCC1. The van der Waals surface area contributed by atoms with E-state index in [1.54, 1.807) is 0 Å². The van der Waals surface area contributed by atoms with Gasteiger partial charge in [0.15, 0.2) is 0 Å². The molecule has 18 heavy (non-hydrogen) atoms. The highest BCUT2D eigenvalue weighted by Gasteiger charge is 2.34. The summed E-state index contributed by atoms with van der Waals surface area (Å²) in [4.78, 5) is 12.9. The number of nitrogens with one attached hydrogen (secondary N) is 1. The van der Waals surface area contributed by atoms with Crippen LogP contribution in [0.1, 0.15) is 42.3 Å². The maximum atomic E-state index is 12.2. The van der Waals surface area contributed by atoms with Gasteiger partial charge in [0.1, 0.15) is 16.2 Å². The smallest absolute Gasteiger partial charge is 0.266 e. The van der Waals surface area contributed by atoms with E-state index in [-0.39, 0.29) is 5.91 Å². The van der Waals surface area contributed by atoms with Crippen LogP contribution in [0.4, 0.5) is 0 Å². The van der Waals surface area contributed by atoms with Crippen LogP contribution in [0.2, 0.25) is 0 Å². The zero-order chi connectivity index (χ0) is 13.0. The maximum Gasteiger partial charge on any atom is 0.266 e. The average molecular weight is 263 g/mol. The van der Waals surface area contributed by atoms with Gasteiger partial charge < -0.3 is 10.1 Å². The Kier molecular flexibility index (Phi) is 3.93. The molecule has 1 fully saturated rings. The van der Waals surface area contributed by atoms with Gasteiger partial charge in [0.25, 0.3) is 5.91 Å². The molecule has 1 aliphatic rings. The molecule has 1 heterocycles. The van der Waals surface area contributed by atoms with Gasteiger partial charge >= 0.3 is 0 Å². The molecule has 0 saturated heterocycles. The third kappa shape index (κ3) is 2.51. The lowest BCUT2D eigenvalue weighted by atomic mass is 9.99. The van der Waals surface area contributed by atoms with E-state index in [0.29, 0.717) is 17.2 Å². The summed E-state index contributed by atoms with van der Waals surface area (Å²) in [6.45, 7) is 2.45. The predicted molar refractivity (Wildman–Crippen MR) is 73.0 cm³/mol. The number of ether oxygens (including phenoxy) is 1. The van der Waals surface area contributed by atoms with Crippen molar-refractivity contribution in [3.05, 3.63) is 16.3 Å². The zero-order valence-corrected chi connectivity index (χ0v) is 11.3. The van der Waals surface area contributed by atoms with Crippen LogP contribution < -0.4 is 10.1 Å². The lowest BCUT2D eigenvalue weighted by Gasteiger charge is -2.23. The first kappa shape index (κ1) is 13.0. The van der Waals surface area contributed by atoms with E-state index in [9.17, 15) is 4.79 Å². The van der Waals surface area contributed by atoms with Crippen LogP contribution in [0.25, 0.3) is 0 Å². The van der Waals surface area contributed by atoms with Gasteiger partial charge in [0, 0.05) is 0 Å². The summed E-state index contributed by atoms with van der Waals surface area (Å²) in [5.41, 5.74) is -0.454. The highest BCUT2D eigenvalue weighted by Crippen LogP contribution is 2.31. The fourth-order valence-electron chi connectivity index (χ4n) is 2.29. The largest absolute Gasteiger partial charge is 0.492 e. The van der Waals surface area contributed by atoms with Crippen molar-refractivity contribution in [2.24, 2.45) is 0 Å². The second kappa shape index (κ2) is 5.45. The second-order valence-electron chi connectivity index (χ2n) is 4.43. The molecule has 0 spiro atoms. The Morgan fingerprint density at radius 2 is 2.33 bits per heavy atom. The van der Waals surface area contributed by atoms with E-state index in [0.717, 1.165) is 25.7 Å². The van der Waals surface area contributed by atoms with Gasteiger partial charge in [-0.1, -0.05) is 5.92 Å². The standard InChI is InChI=1S/C14H17NO2S/c1-3-14(8-5-6-9-14)15-13(16)12-11(17-4-2)7-10-18-12/h1,7,10H,4-6,8-9H2,2H3,(H,15,16). The molecule has 0 bridgehead atoms. The van der Waals surface area contributed by atoms with E-state index in [1.807, 2.05) is 18.4 Å². The number of carbonyl (C=O) groups excluding carboxylic acids is 1. The van der Waals surface area contributed by atoms with E-state index in [4.69, 9.17) is 11.2 Å². The summed E-state index contributed by atoms with van der Waals surface area (Å²) >= 11 is 1.38. The Morgan fingerprint density at radius 3 is 2.94 bits per heavy atom. The van der Waals surface area contributed by atoms with Gasteiger partial charge in [-0.05, 0) is 44.1 Å². The molecule has 4 heteroatoms. The van der Waals surface area contributed by atoms with Crippen molar-refractivity contribution in [2.45, 2.75) is 38.1 Å². The molecule has 1 N–H and O–H groups in total. The maximum absolute atomic E-state index is 12.2. The van der Waals surface area contributed by atoms with Crippen LogP contribution in [0.5, 0.6) is 5.75 Å². The summed E-state index contributed by atoms with van der Waals surface area (Å²) in [6.07, 6.45) is 9.46. The molecule has 96 valence electrons. The van der Waals surface area contributed by atoms with Crippen molar-refractivity contribution in [2.75, 3.05) is 6.61 Å². The minimum Gasteiger partial charge on any atom is -0.492 e. The van der Waals surface area contributed by atoms with Crippen molar-refractivity contribution < 1.29 is 9.53 Å². The second-order valence-corrected chi connectivity index (χ2v) is 5.35. The Balaban J connectivity index is 2.12. The molecule has 1 aromatic rings. The number of hydrogen-bond donors (Lipinski definition) is 1. The van der Waals surface area contributed by atoms with Crippen LogP contribution in [0.15, 0.2) is 11.4 Å². The van der Waals surface area contributed by atoms with Crippen LogP contribution in [-0.4, -0.2) is 18.1 Å².